The fourth-order valence-electron chi connectivity index (χ4n) is 4.66. The Labute approximate surface area is 139 Å². The third-order valence-electron chi connectivity index (χ3n) is 6.11. The highest BCUT2D eigenvalue weighted by Gasteiger charge is 2.35. The largest absolute Gasteiger partial charge is 0.353 e. The molecule has 1 unspecified atom stereocenters. The van der Waals surface area contributed by atoms with Gasteiger partial charge in [0.05, 0.1) is 0 Å². The molecule has 0 spiro atoms. The van der Waals surface area contributed by atoms with E-state index < -0.39 is 0 Å². The van der Waals surface area contributed by atoms with Crippen molar-refractivity contribution in [3.63, 3.8) is 0 Å². The van der Waals surface area contributed by atoms with Crippen LogP contribution in [-0.2, 0) is 11.2 Å². The fourth-order valence-corrected chi connectivity index (χ4v) is 4.66. The quantitative estimate of drug-likeness (QED) is 0.905. The van der Waals surface area contributed by atoms with Gasteiger partial charge in [-0.2, -0.15) is 0 Å². The Bertz CT molecular complexity index is 559. The van der Waals surface area contributed by atoms with Gasteiger partial charge in [0.25, 0.3) is 0 Å². The molecular formula is C20H28N2O. The highest BCUT2D eigenvalue weighted by Crippen LogP contribution is 2.36. The van der Waals surface area contributed by atoms with Gasteiger partial charge in [-0.3, -0.25) is 4.79 Å². The number of hydrogen-bond acceptors (Lipinski definition) is 2. The van der Waals surface area contributed by atoms with Crippen molar-refractivity contribution in [3.8, 4) is 0 Å². The summed E-state index contributed by atoms with van der Waals surface area (Å²) in [7, 11) is 0. The Hall–Kier alpha value is -1.35. The summed E-state index contributed by atoms with van der Waals surface area (Å²) in [6.07, 6.45) is 9.13. The summed E-state index contributed by atoms with van der Waals surface area (Å²) in [5.74, 6) is 0.856. The van der Waals surface area contributed by atoms with Crippen LogP contribution in [0, 0.1) is 0 Å². The number of benzene rings is 1. The number of nitrogens with zero attached hydrogens (tertiary/aromatic N) is 1. The molecule has 1 N–H and O–H groups in total. The average molecular weight is 312 g/mol. The summed E-state index contributed by atoms with van der Waals surface area (Å²) in [5, 5.41) is 3.25. The lowest BCUT2D eigenvalue weighted by molar-refractivity contribution is -0.123. The normalized spacial score (nSPS) is 30.0. The molecule has 0 bridgehead atoms. The van der Waals surface area contributed by atoms with Crippen molar-refractivity contribution >= 4 is 5.91 Å². The minimum atomic E-state index is 0.263. The van der Waals surface area contributed by atoms with Gasteiger partial charge in [-0.25, -0.2) is 0 Å². The topological polar surface area (TPSA) is 32.3 Å². The van der Waals surface area contributed by atoms with E-state index in [-0.39, 0.29) is 5.91 Å². The molecular weight excluding hydrogens is 284 g/mol. The summed E-state index contributed by atoms with van der Waals surface area (Å²) in [4.78, 5) is 14.8. The van der Waals surface area contributed by atoms with Gasteiger partial charge in [0.1, 0.15) is 0 Å². The van der Waals surface area contributed by atoms with Crippen molar-refractivity contribution in [2.75, 3.05) is 13.1 Å². The van der Waals surface area contributed by atoms with Crippen molar-refractivity contribution in [1.82, 2.24) is 10.2 Å². The van der Waals surface area contributed by atoms with Crippen LogP contribution in [0.1, 0.15) is 62.0 Å². The first-order valence-corrected chi connectivity index (χ1v) is 9.41. The Kier molecular flexibility index (Phi) is 4.39. The molecule has 1 atom stereocenters. The van der Waals surface area contributed by atoms with Crippen molar-refractivity contribution in [1.29, 1.82) is 0 Å². The summed E-state index contributed by atoms with van der Waals surface area (Å²) >= 11 is 0. The first-order valence-electron chi connectivity index (χ1n) is 9.41. The maximum atomic E-state index is 12.2. The number of amides is 1. The van der Waals surface area contributed by atoms with Gasteiger partial charge in [-0.1, -0.05) is 24.3 Å². The number of carbonyl (C=O) groups is 1. The van der Waals surface area contributed by atoms with Crippen molar-refractivity contribution in [3.05, 3.63) is 35.4 Å². The van der Waals surface area contributed by atoms with E-state index in [9.17, 15) is 4.79 Å². The number of carbonyl (C=O) groups excluding carboxylic acids is 1. The van der Waals surface area contributed by atoms with Crippen molar-refractivity contribution in [2.24, 2.45) is 0 Å². The van der Waals surface area contributed by atoms with Crippen molar-refractivity contribution < 1.29 is 4.79 Å². The summed E-state index contributed by atoms with van der Waals surface area (Å²) < 4.78 is 0. The number of likely N-dealkylation sites (tertiary alicyclic amines) is 1. The maximum absolute atomic E-state index is 12.2. The zero-order valence-corrected chi connectivity index (χ0v) is 14.0. The van der Waals surface area contributed by atoms with Crippen LogP contribution < -0.4 is 5.32 Å². The molecule has 124 valence electrons. The highest BCUT2D eigenvalue weighted by molar-refractivity contribution is 5.76. The van der Waals surface area contributed by atoms with Crippen LogP contribution in [0.15, 0.2) is 24.3 Å². The molecule has 1 heterocycles. The van der Waals surface area contributed by atoms with Crippen LogP contribution in [0.25, 0.3) is 0 Å². The predicted octanol–water partition coefficient (Wildman–Crippen LogP) is 3.24. The van der Waals surface area contributed by atoms with Gasteiger partial charge in [-0.05, 0) is 75.1 Å². The number of fused-ring (bicyclic) bond motifs is 1. The molecule has 4 rings (SSSR count). The molecule has 2 fully saturated rings. The standard InChI is InChI=1S/C20H28N2O/c23-20(21-17-13-18(14-17)22-11-3-4-12-22)10-9-16-8-7-15-5-1-2-6-19(15)16/h1-2,5-6,16-18H,3-4,7-14H2,(H,21,23). The minimum absolute atomic E-state index is 0.263. The zero-order valence-electron chi connectivity index (χ0n) is 14.0. The SMILES string of the molecule is O=C(CCC1CCc2ccccc21)NC1CC(N2CCCC2)C1. The van der Waals surface area contributed by atoms with E-state index >= 15 is 0 Å². The summed E-state index contributed by atoms with van der Waals surface area (Å²) in [5.41, 5.74) is 2.98. The summed E-state index contributed by atoms with van der Waals surface area (Å²) in [6.45, 7) is 2.54. The van der Waals surface area contributed by atoms with Crippen molar-refractivity contribution in [2.45, 2.75) is 69.4 Å². The first kappa shape index (κ1) is 15.2. The Balaban J connectivity index is 1.19. The van der Waals surface area contributed by atoms with E-state index in [1.54, 1.807) is 0 Å². The lowest BCUT2D eigenvalue weighted by atomic mass is 9.85. The second kappa shape index (κ2) is 6.64. The molecule has 3 heteroatoms. The van der Waals surface area contributed by atoms with Crippen LogP contribution in [0.3, 0.4) is 0 Å². The molecule has 1 aliphatic heterocycles. The second-order valence-corrected chi connectivity index (χ2v) is 7.61. The average Bonchev–Trinajstić information content (AvgIpc) is 3.18. The number of aryl methyl sites for hydroxylation is 1. The van der Waals surface area contributed by atoms with Crippen LogP contribution in [0.5, 0.6) is 0 Å². The minimum Gasteiger partial charge on any atom is -0.353 e. The van der Waals surface area contributed by atoms with E-state index in [0.29, 0.717) is 18.4 Å². The smallest absolute Gasteiger partial charge is 0.220 e. The van der Waals surface area contributed by atoms with Crippen LogP contribution in [-0.4, -0.2) is 36.0 Å². The van der Waals surface area contributed by atoms with E-state index in [4.69, 9.17) is 0 Å². The molecule has 2 aliphatic carbocycles. The van der Waals surface area contributed by atoms with Crippen LogP contribution in [0.2, 0.25) is 0 Å². The lowest BCUT2D eigenvalue weighted by Crippen LogP contribution is -2.53. The van der Waals surface area contributed by atoms with Crippen LogP contribution >= 0.6 is 0 Å². The molecule has 23 heavy (non-hydrogen) atoms. The van der Waals surface area contributed by atoms with E-state index in [0.717, 1.165) is 25.3 Å². The van der Waals surface area contributed by atoms with Gasteiger partial charge < -0.3 is 10.2 Å². The van der Waals surface area contributed by atoms with E-state index in [1.807, 2.05) is 0 Å². The third-order valence-corrected chi connectivity index (χ3v) is 6.11. The van der Waals surface area contributed by atoms with Gasteiger partial charge in [0, 0.05) is 18.5 Å². The van der Waals surface area contributed by atoms with Gasteiger partial charge in [0.2, 0.25) is 5.91 Å². The zero-order chi connectivity index (χ0) is 15.6. The second-order valence-electron chi connectivity index (χ2n) is 7.61. The molecule has 1 aromatic carbocycles. The lowest BCUT2D eigenvalue weighted by Gasteiger charge is -2.41. The molecule has 1 saturated heterocycles. The van der Waals surface area contributed by atoms with Gasteiger partial charge in [0.15, 0.2) is 0 Å². The molecule has 0 aromatic heterocycles. The Morgan fingerprint density at radius 2 is 1.96 bits per heavy atom. The predicted molar refractivity (Wildman–Crippen MR) is 92.5 cm³/mol. The van der Waals surface area contributed by atoms with E-state index in [2.05, 4.69) is 34.5 Å². The fraction of sp³-hybridized carbons (Fsp3) is 0.650. The molecule has 1 saturated carbocycles. The Morgan fingerprint density at radius 1 is 1.17 bits per heavy atom. The number of nitrogens with one attached hydrogen (secondary N) is 1. The molecule has 1 amide bonds. The molecule has 0 radical (unpaired) electrons. The summed E-state index contributed by atoms with van der Waals surface area (Å²) in [6, 6.07) is 9.92. The monoisotopic (exact) mass is 312 g/mol. The highest BCUT2D eigenvalue weighted by atomic mass is 16.1. The van der Waals surface area contributed by atoms with Gasteiger partial charge in [-0.15, -0.1) is 0 Å². The van der Waals surface area contributed by atoms with Crippen LogP contribution in [0.4, 0.5) is 0 Å². The molecule has 3 aliphatic rings. The number of rotatable bonds is 5. The van der Waals surface area contributed by atoms with E-state index in [1.165, 1.54) is 49.9 Å². The third kappa shape index (κ3) is 3.30. The maximum Gasteiger partial charge on any atom is 0.220 e. The van der Waals surface area contributed by atoms with Gasteiger partial charge >= 0.3 is 0 Å². The number of hydrogen-bond donors (Lipinski definition) is 1. The molecule has 1 aromatic rings. The Morgan fingerprint density at radius 3 is 2.78 bits per heavy atom. The molecule has 3 nitrogen and oxygen atoms in total. The first-order chi connectivity index (χ1) is 11.3.